The Balaban J connectivity index is 3.12. The highest BCUT2D eigenvalue weighted by atomic mass is 35.5. The van der Waals surface area contributed by atoms with Crippen molar-refractivity contribution in [1.29, 1.82) is 0 Å². The van der Waals surface area contributed by atoms with Gasteiger partial charge in [0.15, 0.2) is 0 Å². The molecule has 0 saturated heterocycles. The molecule has 0 bridgehead atoms. The molecule has 20 heavy (non-hydrogen) atoms. The van der Waals surface area contributed by atoms with Crippen LogP contribution in [0.3, 0.4) is 0 Å². The van der Waals surface area contributed by atoms with Gasteiger partial charge in [-0.1, -0.05) is 30.7 Å². The monoisotopic (exact) mass is 299 g/mol. The molecule has 0 spiro atoms. The highest BCUT2D eigenvalue weighted by molar-refractivity contribution is 6.30. The van der Waals surface area contributed by atoms with Crippen LogP contribution in [0.25, 0.3) is 0 Å². The van der Waals surface area contributed by atoms with Gasteiger partial charge in [0.25, 0.3) is 0 Å². The van der Waals surface area contributed by atoms with Crippen LogP contribution in [-0.4, -0.2) is 32.8 Å². The molecule has 0 heterocycles. The number of nitrogens with one attached hydrogen (secondary N) is 1. The molecular formula is C15H22ClNO3. The summed E-state index contributed by atoms with van der Waals surface area (Å²) >= 11 is 6.05. The summed E-state index contributed by atoms with van der Waals surface area (Å²) in [7, 11) is 1.62. The third kappa shape index (κ3) is 3.95. The summed E-state index contributed by atoms with van der Waals surface area (Å²) in [5, 5.41) is 3.85. The Morgan fingerprint density at radius 3 is 2.70 bits per heavy atom. The lowest BCUT2D eigenvalue weighted by Crippen LogP contribution is -2.50. The number of benzene rings is 1. The van der Waals surface area contributed by atoms with E-state index in [1.54, 1.807) is 26.2 Å². The van der Waals surface area contributed by atoms with E-state index >= 15 is 0 Å². The van der Waals surface area contributed by atoms with Crippen LogP contribution in [0.4, 0.5) is 0 Å². The summed E-state index contributed by atoms with van der Waals surface area (Å²) in [4.78, 5) is 12.4. The molecular weight excluding hydrogens is 278 g/mol. The molecule has 0 aliphatic rings. The second-order valence-corrected chi connectivity index (χ2v) is 4.85. The van der Waals surface area contributed by atoms with E-state index in [-0.39, 0.29) is 5.97 Å². The van der Waals surface area contributed by atoms with Gasteiger partial charge in [0.1, 0.15) is 5.54 Å². The van der Waals surface area contributed by atoms with Gasteiger partial charge in [-0.2, -0.15) is 0 Å². The van der Waals surface area contributed by atoms with Crippen LogP contribution in [0.15, 0.2) is 24.3 Å². The van der Waals surface area contributed by atoms with E-state index in [4.69, 9.17) is 21.1 Å². The van der Waals surface area contributed by atoms with E-state index < -0.39 is 5.54 Å². The van der Waals surface area contributed by atoms with Crippen molar-refractivity contribution in [2.45, 2.75) is 25.8 Å². The molecule has 0 fully saturated rings. The fraction of sp³-hybridized carbons (Fsp3) is 0.533. The first kappa shape index (κ1) is 17.0. The molecule has 1 rings (SSSR count). The van der Waals surface area contributed by atoms with Crippen molar-refractivity contribution in [2.75, 3.05) is 26.9 Å². The van der Waals surface area contributed by atoms with Crippen molar-refractivity contribution >= 4 is 17.6 Å². The summed E-state index contributed by atoms with van der Waals surface area (Å²) in [5.41, 5.74) is -0.0820. The first-order chi connectivity index (χ1) is 9.60. The molecule has 0 aliphatic carbocycles. The molecule has 1 N–H and O–H groups in total. The van der Waals surface area contributed by atoms with Crippen LogP contribution < -0.4 is 5.32 Å². The summed E-state index contributed by atoms with van der Waals surface area (Å²) < 4.78 is 10.3. The molecule has 0 aliphatic heterocycles. The van der Waals surface area contributed by atoms with Crippen molar-refractivity contribution in [3.63, 3.8) is 0 Å². The minimum absolute atomic E-state index is 0.291. The van der Waals surface area contributed by atoms with E-state index in [0.717, 1.165) is 5.56 Å². The van der Waals surface area contributed by atoms with E-state index in [9.17, 15) is 4.79 Å². The average molecular weight is 300 g/mol. The topological polar surface area (TPSA) is 47.6 Å². The SMILES string of the molecule is CCOC(=O)C(CC)(NCCOC)c1cccc(Cl)c1. The second kappa shape index (κ2) is 8.25. The van der Waals surface area contributed by atoms with Gasteiger partial charge in [-0.3, -0.25) is 5.32 Å². The molecule has 112 valence electrons. The molecule has 1 atom stereocenters. The quantitative estimate of drug-likeness (QED) is 0.592. The van der Waals surface area contributed by atoms with Gasteiger partial charge in [0.05, 0.1) is 13.2 Å². The van der Waals surface area contributed by atoms with E-state index in [1.165, 1.54) is 0 Å². The minimum atomic E-state index is -0.889. The fourth-order valence-corrected chi connectivity index (χ4v) is 2.33. The highest BCUT2D eigenvalue weighted by Gasteiger charge is 2.39. The lowest BCUT2D eigenvalue weighted by molar-refractivity contribution is -0.152. The van der Waals surface area contributed by atoms with Gasteiger partial charge < -0.3 is 9.47 Å². The lowest BCUT2D eigenvalue weighted by Gasteiger charge is -2.32. The minimum Gasteiger partial charge on any atom is -0.464 e. The maximum Gasteiger partial charge on any atom is 0.330 e. The van der Waals surface area contributed by atoms with Crippen molar-refractivity contribution < 1.29 is 14.3 Å². The summed E-state index contributed by atoms with van der Waals surface area (Å²) in [5.74, 6) is -0.291. The number of hydrogen-bond donors (Lipinski definition) is 1. The third-order valence-corrected chi connectivity index (χ3v) is 3.44. The van der Waals surface area contributed by atoms with Crippen LogP contribution in [0.1, 0.15) is 25.8 Å². The first-order valence-corrected chi connectivity index (χ1v) is 7.15. The Kier molecular flexibility index (Phi) is 6.99. The summed E-state index contributed by atoms with van der Waals surface area (Å²) in [6.07, 6.45) is 0.565. The Labute approximate surface area is 125 Å². The number of rotatable bonds is 8. The van der Waals surface area contributed by atoms with Gasteiger partial charge in [0.2, 0.25) is 0 Å². The van der Waals surface area contributed by atoms with Crippen LogP contribution in [0, 0.1) is 0 Å². The Bertz CT molecular complexity index is 439. The van der Waals surface area contributed by atoms with Gasteiger partial charge in [-0.25, -0.2) is 4.79 Å². The highest BCUT2D eigenvalue weighted by Crippen LogP contribution is 2.28. The molecule has 0 saturated carbocycles. The van der Waals surface area contributed by atoms with Crippen LogP contribution in [-0.2, 0) is 19.8 Å². The molecule has 1 aromatic carbocycles. The Hall–Kier alpha value is -1.10. The number of hydrogen-bond acceptors (Lipinski definition) is 4. The maximum absolute atomic E-state index is 12.4. The second-order valence-electron chi connectivity index (χ2n) is 4.41. The van der Waals surface area contributed by atoms with Crippen LogP contribution in [0.2, 0.25) is 5.02 Å². The summed E-state index contributed by atoms with van der Waals surface area (Å²) in [6.45, 7) is 5.15. The van der Waals surface area contributed by atoms with Crippen molar-refractivity contribution in [3.05, 3.63) is 34.9 Å². The normalized spacial score (nSPS) is 13.8. The van der Waals surface area contributed by atoms with Gasteiger partial charge in [0, 0.05) is 18.7 Å². The molecule has 0 radical (unpaired) electrons. The zero-order valence-electron chi connectivity index (χ0n) is 12.2. The smallest absolute Gasteiger partial charge is 0.330 e. The third-order valence-electron chi connectivity index (χ3n) is 3.20. The molecule has 0 amide bonds. The first-order valence-electron chi connectivity index (χ1n) is 6.78. The number of esters is 1. The summed E-state index contributed by atoms with van der Waals surface area (Å²) in [6, 6.07) is 7.29. The lowest BCUT2D eigenvalue weighted by atomic mass is 9.87. The average Bonchev–Trinajstić information content (AvgIpc) is 2.44. The zero-order valence-corrected chi connectivity index (χ0v) is 13.0. The number of ether oxygens (including phenoxy) is 2. The van der Waals surface area contributed by atoms with Gasteiger partial charge >= 0.3 is 5.97 Å². The van der Waals surface area contributed by atoms with E-state index in [0.29, 0.717) is 31.2 Å². The zero-order chi connectivity index (χ0) is 15.0. The number of methoxy groups -OCH3 is 1. The predicted octanol–water partition coefficient (Wildman–Crippen LogP) is 2.74. The van der Waals surface area contributed by atoms with Crippen molar-refractivity contribution in [1.82, 2.24) is 5.32 Å². The van der Waals surface area contributed by atoms with E-state index in [1.807, 2.05) is 19.1 Å². The molecule has 1 aromatic rings. The molecule has 4 nitrogen and oxygen atoms in total. The number of carbonyl (C=O) groups excluding carboxylic acids is 1. The largest absolute Gasteiger partial charge is 0.464 e. The van der Waals surface area contributed by atoms with Gasteiger partial charge in [-0.05, 0) is 31.0 Å². The molecule has 1 unspecified atom stereocenters. The number of halogens is 1. The Morgan fingerprint density at radius 1 is 1.40 bits per heavy atom. The predicted molar refractivity (Wildman–Crippen MR) is 79.9 cm³/mol. The maximum atomic E-state index is 12.4. The van der Waals surface area contributed by atoms with Crippen molar-refractivity contribution in [2.24, 2.45) is 0 Å². The van der Waals surface area contributed by atoms with Crippen LogP contribution in [0.5, 0.6) is 0 Å². The van der Waals surface area contributed by atoms with Gasteiger partial charge in [-0.15, -0.1) is 0 Å². The molecule has 5 heteroatoms. The fourth-order valence-electron chi connectivity index (χ4n) is 2.14. The molecule has 0 aromatic heterocycles. The number of carbonyl (C=O) groups is 1. The van der Waals surface area contributed by atoms with Crippen molar-refractivity contribution in [3.8, 4) is 0 Å². The Morgan fingerprint density at radius 2 is 2.15 bits per heavy atom. The van der Waals surface area contributed by atoms with E-state index in [2.05, 4.69) is 5.32 Å². The van der Waals surface area contributed by atoms with Crippen LogP contribution >= 0.6 is 11.6 Å². The standard InChI is InChI=1S/C15H22ClNO3/c1-4-15(14(18)20-5-2,17-9-10-19-3)12-7-6-8-13(16)11-12/h6-8,11,17H,4-5,9-10H2,1-3H3.